The van der Waals surface area contributed by atoms with Gasteiger partial charge in [-0.25, -0.2) is 0 Å². The fourth-order valence-electron chi connectivity index (χ4n) is 10.1. The van der Waals surface area contributed by atoms with Crippen LogP contribution in [-0.4, -0.2) is 79.0 Å². The van der Waals surface area contributed by atoms with E-state index >= 15 is 0 Å². The number of aliphatic hydroxyl groups is 1. The topological polar surface area (TPSA) is 113 Å². The van der Waals surface area contributed by atoms with Gasteiger partial charge in [-0.15, -0.1) is 0 Å². The minimum atomic E-state index is -1.37. The summed E-state index contributed by atoms with van der Waals surface area (Å²) >= 11 is 0. The first-order chi connectivity index (χ1) is 39.1. The summed E-state index contributed by atoms with van der Waals surface area (Å²) in [5.74, 6) is 0. The van der Waals surface area contributed by atoms with Crippen LogP contribution in [0.5, 0.6) is 0 Å². The molecule has 11 nitrogen and oxygen atoms in total. The third-order valence-corrected chi connectivity index (χ3v) is 14.2. The van der Waals surface area contributed by atoms with Crippen molar-refractivity contribution in [1.82, 2.24) is 0 Å². The number of aliphatic hydroxyl groups excluding tert-OH is 1. The first-order valence-electron chi connectivity index (χ1n) is 27.3. The zero-order chi connectivity index (χ0) is 53.7. The van der Waals surface area contributed by atoms with E-state index in [1.165, 1.54) is 0 Å². The van der Waals surface area contributed by atoms with E-state index in [1.54, 1.807) is 0 Å². The van der Waals surface area contributed by atoms with E-state index in [0.717, 1.165) is 44.5 Å². The van der Waals surface area contributed by atoms with Crippen molar-refractivity contribution in [2.45, 2.75) is 120 Å². The lowest BCUT2D eigenvalue weighted by molar-refractivity contribution is -0.363. The van der Waals surface area contributed by atoms with E-state index in [-0.39, 0.29) is 52.9 Å². The smallest absolute Gasteiger partial charge is 0.187 e. The van der Waals surface area contributed by atoms with Crippen LogP contribution < -0.4 is 0 Å². The lowest BCUT2D eigenvalue weighted by Crippen LogP contribution is -2.69. The monoisotopic (exact) mass is 1060 g/mol. The summed E-state index contributed by atoms with van der Waals surface area (Å²) in [5, 5.41) is 13.3. The highest BCUT2D eigenvalue weighted by molar-refractivity contribution is 5.20. The molecule has 1 aliphatic heterocycles. The fraction of sp³-hybridized carbons (Fsp3) is 0.294. The molecule has 11 atom stereocenters. The Morgan fingerprint density at radius 3 is 0.835 bits per heavy atom. The second kappa shape index (κ2) is 29.5. The highest BCUT2D eigenvalue weighted by Gasteiger charge is 2.57. The number of hydrogen-bond donors (Lipinski definition) is 1. The molecule has 408 valence electrons. The minimum Gasteiger partial charge on any atom is -0.387 e. The molecular formula is C68H70O11. The molecule has 1 aliphatic carbocycles. The summed E-state index contributed by atoms with van der Waals surface area (Å²) in [4.78, 5) is 0. The second-order valence-corrected chi connectivity index (χ2v) is 20.0. The maximum atomic E-state index is 13.3. The molecule has 0 aromatic heterocycles. The second-order valence-electron chi connectivity index (χ2n) is 20.0. The Kier molecular flexibility index (Phi) is 20.8. The Hall–Kier alpha value is -6.68. The van der Waals surface area contributed by atoms with Crippen molar-refractivity contribution in [2.24, 2.45) is 0 Å². The molecule has 8 aromatic carbocycles. The zero-order valence-corrected chi connectivity index (χ0v) is 44.3. The molecule has 0 radical (unpaired) electrons. The Morgan fingerprint density at radius 1 is 0.266 bits per heavy atom. The molecule has 1 saturated heterocycles. The first kappa shape index (κ1) is 55.6. The largest absolute Gasteiger partial charge is 0.387 e. The molecule has 1 saturated carbocycles. The summed E-state index contributed by atoms with van der Waals surface area (Å²) in [6, 6.07) is 79.8. The molecule has 1 N–H and O–H groups in total. The van der Waals surface area contributed by atoms with Crippen LogP contribution >= 0.6 is 0 Å². The quantitative estimate of drug-likeness (QED) is 0.0531. The maximum absolute atomic E-state index is 13.3. The molecule has 79 heavy (non-hydrogen) atoms. The summed E-state index contributed by atoms with van der Waals surface area (Å²) in [6.07, 6.45) is -10.7. The first-order valence-corrected chi connectivity index (χ1v) is 27.3. The molecule has 0 amide bonds. The van der Waals surface area contributed by atoms with E-state index in [4.69, 9.17) is 47.4 Å². The van der Waals surface area contributed by atoms with Crippen LogP contribution in [0.15, 0.2) is 243 Å². The van der Waals surface area contributed by atoms with Crippen LogP contribution in [0.2, 0.25) is 0 Å². The Morgan fingerprint density at radius 2 is 0.506 bits per heavy atom. The van der Waals surface area contributed by atoms with Gasteiger partial charge in [0, 0.05) is 0 Å². The van der Waals surface area contributed by atoms with Gasteiger partial charge >= 0.3 is 0 Å². The van der Waals surface area contributed by atoms with Crippen molar-refractivity contribution in [3.63, 3.8) is 0 Å². The molecule has 0 spiro atoms. The van der Waals surface area contributed by atoms with Crippen LogP contribution in [0.4, 0.5) is 0 Å². The Labute approximate surface area is 464 Å². The van der Waals surface area contributed by atoms with Gasteiger partial charge in [0.05, 0.1) is 59.5 Å². The third-order valence-electron chi connectivity index (χ3n) is 14.2. The van der Waals surface area contributed by atoms with Crippen molar-refractivity contribution in [1.29, 1.82) is 0 Å². The van der Waals surface area contributed by atoms with Crippen molar-refractivity contribution in [2.75, 3.05) is 6.61 Å². The van der Waals surface area contributed by atoms with Crippen LogP contribution in [0.1, 0.15) is 44.5 Å². The van der Waals surface area contributed by atoms with Gasteiger partial charge in [0.2, 0.25) is 0 Å². The number of hydrogen-bond acceptors (Lipinski definition) is 11. The van der Waals surface area contributed by atoms with E-state index in [1.807, 2.05) is 243 Å². The van der Waals surface area contributed by atoms with Gasteiger partial charge < -0.3 is 52.5 Å². The molecule has 2 aliphatic rings. The molecule has 1 heterocycles. The molecule has 11 heteroatoms. The van der Waals surface area contributed by atoms with E-state index in [9.17, 15) is 5.11 Å². The highest BCUT2D eigenvalue weighted by Crippen LogP contribution is 2.39. The SMILES string of the molecule is O[C@@H]1C(O[C@H]2OC(COCc3ccccc3)[C@@H](OCc3ccccc3)[C@@H](OCc3ccccc3)C2OCc2ccccc2)C(OCc2ccccc2)[C@@H](OCc2ccccc2)[C@@H](OCc2ccccc2)C1OCc1ccccc1. The lowest BCUT2D eigenvalue weighted by Gasteiger charge is -2.51. The number of benzene rings is 8. The normalized spacial score (nSPS) is 24.0. The van der Waals surface area contributed by atoms with Crippen LogP contribution in [0.3, 0.4) is 0 Å². The molecule has 0 bridgehead atoms. The number of ether oxygens (including phenoxy) is 10. The molecule has 8 aromatic rings. The van der Waals surface area contributed by atoms with E-state index in [2.05, 4.69) is 0 Å². The summed E-state index contributed by atoms with van der Waals surface area (Å²) < 4.78 is 70.7. The van der Waals surface area contributed by atoms with Gasteiger partial charge in [-0.05, 0) is 44.5 Å². The fourth-order valence-corrected chi connectivity index (χ4v) is 10.1. The van der Waals surface area contributed by atoms with E-state index < -0.39 is 67.3 Å². The van der Waals surface area contributed by atoms with Gasteiger partial charge in [0.1, 0.15) is 61.0 Å². The van der Waals surface area contributed by atoms with Gasteiger partial charge in [-0.2, -0.15) is 0 Å². The Bertz CT molecular complexity index is 2910. The van der Waals surface area contributed by atoms with Gasteiger partial charge in [0.15, 0.2) is 6.29 Å². The van der Waals surface area contributed by atoms with Crippen molar-refractivity contribution < 1.29 is 52.5 Å². The Balaban J connectivity index is 1.07. The lowest BCUT2D eigenvalue weighted by atomic mass is 9.83. The van der Waals surface area contributed by atoms with Crippen LogP contribution in [0, 0.1) is 0 Å². The van der Waals surface area contributed by atoms with Crippen molar-refractivity contribution in [3.05, 3.63) is 287 Å². The predicted molar refractivity (Wildman–Crippen MR) is 301 cm³/mol. The maximum Gasteiger partial charge on any atom is 0.187 e. The van der Waals surface area contributed by atoms with Gasteiger partial charge in [0.25, 0.3) is 0 Å². The van der Waals surface area contributed by atoms with Crippen LogP contribution in [-0.2, 0) is 100 Å². The molecule has 5 unspecified atom stereocenters. The van der Waals surface area contributed by atoms with E-state index in [0.29, 0.717) is 6.61 Å². The van der Waals surface area contributed by atoms with Crippen LogP contribution in [0.25, 0.3) is 0 Å². The average molecular weight is 1060 g/mol. The predicted octanol–water partition coefficient (Wildman–Crippen LogP) is 11.8. The van der Waals surface area contributed by atoms with Crippen molar-refractivity contribution >= 4 is 0 Å². The number of rotatable bonds is 27. The van der Waals surface area contributed by atoms with Gasteiger partial charge in [-0.1, -0.05) is 243 Å². The summed E-state index contributed by atoms with van der Waals surface area (Å²) in [7, 11) is 0. The minimum absolute atomic E-state index is 0.104. The van der Waals surface area contributed by atoms with Crippen molar-refractivity contribution in [3.8, 4) is 0 Å². The summed E-state index contributed by atoms with van der Waals surface area (Å²) in [6.45, 7) is 1.84. The zero-order valence-electron chi connectivity index (χ0n) is 44.3. The molecular weight excluding hydrogens is 993 g/mol. The molecule has 10 rings (SSSR count). The average Bonchev–Trinajstić information content (AvgIpc) is 3.65. The third kappa shape index (κ3) is 16.0. The highest BCUT2D eigenvalue weighted by atomic mass is 16.7. The summed E-state index contributed by atoms with van der Waals surface area (Å²) in [5.41, 5.74) is 7.60. The standard InChI is InChI=1S/C68H70O11/c69-59-61(72-43-52-29-13-3-14-30-52)64(74-45-54-33-17-5-18-34-54)66(76-47-56-37-21-7-22-38-56)65(75-46-55-35-19-6-20-36-55)62(59)79-68-67(77-48-57-39-23-8-24-40-57)63(73-44-53-31-15-4-16-32-53)60(71-42-51-27-11-2-12-28-51)58(78-68)49-70-41-50-25-9-1-10-26-50/h1-40,58-69H,41-49H2/t58?,59-,60+,61?,62?,63+,64-,65?,66-,67?,68+/m0/s1. The molecule has 2 fully saturated rings. The van der Waals surface area contributed by atoms with Gasteiger partial charge in [-0.3, -0.25) is 0 Å².